The molecule has 7 heteroatoms. The van der Waals surface area contributed by atoms with Gasteiger partial charge >= 0.3 is 0 Å². The second-order valence-electron chi connectivity index (χ2n) is 3.01. The molecule has 1 aromatic rings. The highest BCUT2D eigenvalue weighted by atomic mass is 16.6. The van der Waals surface area contributed by atoms with Crippen LogP contribution in [-0.4, -0.2) is 35.2 Å². The van der Waals surface area contributed by atoms with Crippen LogP contribution in [0.4, 0.5) is 17.3 Å². The number of hydrogen-bond acceptors (Lipinski definition) is 6. The molecule has 1 rings (SSSR count). The second-order valence-corrected chi connectivity index (χ2v) is 3.01. The van der Waals surface area contributed by atoms with Crippen LogP contribution in [0.5, 0.6) is 0 Å². The predicted octanol–water partition coefficient (Wildman–Crippen LogP) is 0.000500. The predicted molar refractivity (Wildman–Crippen MR) is 55.7 cm³/mol. The van der Waals surface area contributed by atoms with Crippen molar-refractivity contribution in [1.29, 1.82) is 0 Å². The van der Waals surface area contributed by atoms with Gasteiger partial charge in [0, 0.05) is 13.6 Å². The molecular weight excluding hydrogens is 200 g/mol. The summed E-state index contributed by atoms with van der Waals surface area (Å²) in [5, 5.41) is 19.3. The van der Waals surface area contributed by atoms with E-state index in [1.165, 1.54) is 12.1 Å². The number of nitrogen functional groups attached to an aromatic ring is 1. The van der Waals surface area contributed by atoms with E-state index in [1.807, 2.05) is 0 Å². The Bertz CT molecular complexity index is 369. The van der Waals surface area contributed by atoms with Crippen LogP contribution in [0.1, 0.15) is 0 Å². The summed E-state index contributed by atoms with van der Waals surface area (Å²) >= 11 is 0. The number of nitrogens with two attached hydrogens (primary N) is 1. The van der Waals surface area contributed by atoms with Gasteiger partial charge in [0.05, 0.1) is 23.7 Å². The number of likely N-dealkylation sites (N-methyl/N-ethyl adjacent to an activating group) is 1. The molecule has 0 spiro atoms. The van der Waals surface area contributed by atoms with Gasteiger partial charge in [-0.1, -0.05) is 0 Å². The van der Waals surface area contributed by atoms with Crippen molar-refractivity contribution < 1.29 is 10.0 Å². The van der Waals surface area contributed by atoms with E-state index >= 15 is 0 Å². The quantitative estimate of drug-likeness (QED) is 0.537. The zero-order chi connectivity index (χ0) is 11.4. The normalized spacial score (nSPS) is 10.0. The van der Waals surface area contributed by atoms with E-state index in [4.69, 9.17) is 10.8 Å². The van der Waals surface area contributed by atoms with Gasteiger partial charge in [0.25, 0.3) is 5.69 Å². The smallest absolute Gasteiger partial charge is 0.276 e. The Morgan fingerprint density at radius 3 is 2.87 bits per heavy atom. The SMILES string of the molecule is CN(CCO)c1cc([N+](=O)[O-])cc(N)n1. The van der Waals surface area contributed by atoms with Gasteiger partial charge in [0.2, 0.25) is 0 Å². The van der Waals surface area contributed by atoms with E-state index in [1.54, 1.807) is 11.9 Å². The second kappa shape index (κ2) is 4.56. The lowest BCUT2D eigenvalue weighted by Crippen LogP contribution is -2.22. The molecule has 0 atom stereocenters. The monoisotopic (exact) mass is 212 g/mol. The summed E-state index contributed by atoms with van der Waals surface area (Å²) in [5.74, 6) is 0.458. The summed E-state index contributed by atoms with van der Waals surface area (Å²) in [6.07, 6.45) is 0. The maximum atomic E-state index is 10.5. The van der Waals surface area contributed by atoms with Crippen LogP contribution in [0.3, 0.4) is 0 Å². The average molecular weight is 212 g/mol. The fraction of sp³-hybridized carbons (Fsp3) is 0.375. The molecule has 15 heavy (non-hydrogen) atoms. The van der Waals surface area contributed by atoms with Gasteiger partial charge in [-0.25, -0.2) is 4.98 Å². The molecule has 0 saturated carbocycles. The van der Waals surface area contributed by atoms with Gasteiger partial charge in [-0.3, -0.25) is 10.1 Å². The molecular formula is C8H12N4O3. The first-order valence-corrected chi connectivity index (χ1v) is 4.28. The molecule has 0 fully saturated rings. The number of hydrogen-bond donors (Lipinski definition) is 2. The average Bonchev–Trinajstić information content (AvgIpc) is 2.17. The molecule has 0 amide bonds. The topological polar surface area (TPSA) is 106 Å². The van der Waals surface area contributed by atoms with Crippen molar-refractivity contribution in [2.75, 3.05) is 30.8 Å². The van der Waals surface area contributed by atoms with Crippen LogP contribution in [0, 0.1) is 10.1 Å². The first-order chi connectivity index (χ1) is 7.04. The van der Waals surface area contributed by atoms with Gasteiger partial charge in [0.15, 0.2) is 0 Å². The van der Waals surface area contributed by atoms with Crippen LogP contribution in [-0.2, 0) is 0 Å². The molecule has 7 nitrogen and oxygen atoms in total. The number of aromatic nitrogens is 1. The lowest BCUT2D eigenvalue weighted by atomic mass is 10.3. The molecule has 3 N–H and O–H groups in total. The maximum absolute atomic E-state index is 10.5. The number of anilines is 2. The fourth-order valence-corrected chi connectivity index (χ4v) is 1.09. The molecule has 0 bridgehead atoms. The van der Waals surface area contributed by atoms with Crippen molar-refractivity contribution in [2.24, 2.45) is 0 Å². The summed E-state index contributed by atoms with van der Waals surface area (Å²) in [6.45, 7) is 0.286. The van der Waals surface area contributed by atoms with Crippen LogP contribution >= 0.6 is 0 Å². The van der Waals surface area contributed by atoms with Crippen molar-refractivity contribution >= 4 is 17.3 Å². The molecule has 0 aliphatic carbocycles. The van der Waals surface area contributed by atoms with Crippen LogP contribution in [0.25, 0.3) is 0 Å². The third kappa shape index (κ3) is 2.78. The largest absolute Gasteiger partial charge is 0.395 e. The fourth-order valence-electron chi connectivity index (χ4n) is 1.09. The minimum absolute atomic E-state index is 0.0548. The molecule has 0 saturated heterocycles. The highest BCUT2D eigenvalue weighted by Gasteiger charge is 2.11. The molecule has 0 unspecified atom stereocenters. The molecule has 0 aliphatic heterocycles. The van der Waals surface area contributed by atoms with E-state index in [-0.39, 0.29) is 18.1 Å². The number of nitro groups is 1. The van der Waals surface area contributed by atoms with Crippen LogP contribution in [0.2, 0.25) is 0 Å². The summed E-state index contributed by atoms with van der Waals surface area (Å²) in [4.78, 5) is 15.5. The number of aliphatic hydroxyl groups is 1. The Morgan fingerprint density at radius 2 is 2.33 bits per heavy atom. The van der Waals surface area contributed by atoms with Gasteiger partial charge in [-0.05, 0) is 0 Å². The van der Waals surface area contributed by atoms with E-state index in [0.29, 0.717) is 12.4 Å². The Hall–Kier alpha value is -1.89. The maximum Gasteiger partial charge on any atom is 0.276 e. The first-order valence-electron chi connectivity index (χ1n) is 4.28. The zero-order valence-corrected chi connectivity index (χ0v) is 8.25. The summed E-state index contributed by atoms with van der Waals surface area (Å²) in [6, 6.07) is 2.50. The lowest BCUT2D eigenvalue weighted by molar-refractivity contribution is -0.384. The van der Waals surface area contributed by atoms with Crippen molar-refractivity contribution in [3.8, 4) is 0 Å². The molecule has 0 aliphatic rings. The summed E-state index contributed by atoms with van der Waals surface area (Å²) in [7, 11) is 1.67. The molecule has 1 heterocycles. The minimum atomic E-state index is -0.533. The Morgan fingerprint density at radius 1 is 1.67 bits per heavy atom. The molecule has 0 aromatic carbocycles. The number of aliphatic hydroxyl groups excluding tert-OH is 1. The third-order valence-electron chi connectivity index (χ3n) is 1.85. The summed E-state index contributed by atoms with van der Waals surface area (Å²) in [5.41, 5.74) is 5.32. The van der Waals surface area contributed by atoms with Crippen molar-refractivity contribution in [2.45, 2.75) is 0 Å². The highest BCUT2D eigenvalue weighted by Crippen LogP contribution is 2.20. The van der Waals surface area contributed by atoms with Crippen molar-refractivity contribution in [3.05, 3.63) is 22.2 Å². The van der Waals surface area contributed by atoms with Crippen molar-refractivity contribution in [3.63, 3.8) is 0 Å². The summed E-state index contributed by atoms with van der Waals surface area (Å²) < 4.78 is 0. The van der Waals surface area contributed by atoms with Gasteiger partial charge < -0.3 is 15.7 Å². The standard InChI is InChI=1S/C8H12N4O3/c1-11(2-3-13)8-5-6(12(14)15)4-7(9)10-8/h4-5,13H,2-3H2,1H3,(H2,9,10). The molecule has 0 radical (unpaired) electrons. The van der Waals surface area contributed by atoms with Crippen LogP contribution < -0.4 is 10.6 Å². The van der Waals surface area contributed by atoms with E-state index in [0.717, 1.165) is 0 Å². The zero-order valence-electron chi connectivity index (χ0n) is 8.25. The first kappa shape index (κ1) is 11.2. The third-order valence-corrected chi connectivity index (χ3v) is 1.85. The van der Waals surface area contributed by atoms with Crippen molar-refractivity contribution in [1.82, 2.24) is 4.98 Å². The highest BCUT2D eigenvalue weighted by molar-refractivity contribution is 5.53. The minimum Gasteiger partial charge on any atom is -0.395 e. The number of rotatable bonds is 4. The Kier molecular flexibility index (Phi) is 3.40. The lowest BCUT2D eigenvalue weighted by Gasteiger charge is -2.16. The van der Waals surface area contributed by atoms with E-state index in [9.17, 15) is 10.1 Å². The number of pyridine rings is 1. The Balaban J connectivity index is 3.03. The van der Waals surface area contributed by atoms with E-state index in [2.05, 4.69) is 4.98 Å². The van der Waals surface area contributed by atoms with Gasteiger partial charge in [-0.2, -0.15) is 0 Å². The van der Waals surface area contributed by atoms with Crippen LogP contribution in [0.15, 0.2) is 12.1 Å². The molecule has 1 aromatic heterocycles. The Labute approximate surface area is 86.3 Å². The number of nitrogens with zero attached hydrogens (tertiary/aromatic N) is 3. The molecule has 82 valence electrons. The van der Waals surface area contributed by atoms with Gasteiger partial charge in [-0.15, -0.1) is 0 Å². The van der Waals surface area contributed by atoms with Gasteiger partial charge in [0.1, 0.15) is 11.6 Å². The van der Waals surface area contributed by atoms with E-state index < -0.39 is 4.92 Å².